The van der Waals surface area contributed by atoms with Crippen LogP contribution in [-0.2, 0) is 9.53 Å². The maximum atomic E-state index is 11.2. The van der Waals surface area contributed by atoms with Gasteiger partial charge in [-0.15, -0.1) is 0 Å². The molecule has 2 unspecified atom stereocenters. The number of hydrogen-bond acceptors (Lipinski definition) is 3. The Morgan fingerprint density at radius 1 is 1.29 bits per heavy atom. The van der Waals surface area contributed by atoms with E-state index in [9.17, 15) is 9.59 Å². The van der Waals surface area contributed by atoms with Crippen molar-refractivity contribution < 1.29 is 24.5 Å². The maximum absolute atomic E-state index is 11.2. The molecule has 0 bridgehead atoms. The number of hydrogen-bond donors (Lipinski definition) is 2. The van der Waals surface area contributed by atoms with Crippen LogP contribution in [0.3, 0.4) is 0 Å². The summed E-state index contributed by atoms with van der Waals surface area (Å²) in [6.45, 7) is 5.72. The third kappa shape index (κ3) is 3.59. The molecule has 0 aromatic carbocycles. The number of carboxylic acid groups (broad SMARTS) is 2. The minimum atomic E-state index is -1.21. The Morgan fingerprint density at radius 2 is 1.88 bits per heavy atom. The van der Waals surface area contributed by atoms with Gasteiger partial charge in [0, 0.05) is 6.54 Å². The molecule has 0 radical (unpaired) electrons. The maximum Gasteiger partial charge on any atom is 0.408 e. The van der Waals surface area contributed by atoms with Crippen LogP contribution in [-0.4, -0.2) is 51.5 Å². The van der Waals surface area contributed by atoms with Crippen LogP contribution in [0.15, 0.2) is 0 Å². The van der Waals surface area contributed by atoms with Crippen LogP contribution in [0.1, 0.15) is 33.6 Å². The van der Waals surface area contributed by atoms with E-state index in [1.165, 1.54) is 0 Å². The highest BCUT2D eigenvalue weighted by atomic mass is 16.5. The van der Waals surface area contributed by atoms with Gasteiger partial charge in [0.1, 0.15) is 0 Å². The summed E-state index contributed by atoms with van der Waals surface area (Å²) in [6, 6.07) is -1.11. The molecule has 1 heterocycles. The summed E-state index contributed by atoms with van der Waals surface area (Å²) in [7, 11) is 0. The van der Waals surface area contributed by atoms with Gasteiger partial charge in [0.25, 0.3) is 0 Å². The predicted octanol–water partition coefficient (Wildman–Crippen LogP) is 1.40. The summed E-state index contributed by atoms with van der Waals surface area (Å²) in [5.41, 5.74) is -0.486. The van der Waals surface area contributed by atoms with Crippen molar-refractivity contribution >= 4 is 12.1 Å². The van der Waals surface area contributed by atoms with E-state index < -0.39 is 29.8 Å². The third-order valence-electron chi connectivity index (χ3n) is 2.58. The molecule has 0 aromatic rings. The summed E-state index contributed by atoms with van der Waals surface area (Å²) in [4.78, 5) is 23.1. The van der Waals surface area contributed by atoms with Crippen LogP contribution in [0.5, 0.6) is 0 Å². The van der Waals surface area contributed by atoms with Crippen molar-refractivity contribution in [3.05, 3.63) is 0 Å². The van der Waals surface area contributed by atoms with Gasteiger partial charge in [-0.2, -0.15) is 0 Å². The van der Waals surface area contributed by atoms with E-state index in [-0.39, 0.29) is 6.54 Å². The average molecular weight is 245 g/mol. The van der Waals surface area contributed by atoms with Crippen LogP contribution in [0, 0.1) is 0 Å². The Kier molecular flexibility index (Phi) is 3.98. The Morgan fingerprint density at radius 3 is 2.29 bits per heavy atom. The lowest BCUT2D eigenvalue weighted by Gasteiger charge is -2.39. The molecule has 6 nitrogen and oxygen atoms in total. The molecule has 1 rings (SSSR count). The molecule has 0 aromatic heterocycles. The first kappa shape index (κ1) is 13.8. The first-order valence-electron chi connectivity index (χ1n) is 5.62. The highest BCUT2D eigenvalue weighted by Crippen LogP contribution is 2.25. The van der Waals surface area contributed by atoms with Crippen LogP contribution in [0.25, 0.3) is 0 Å². The largest absolute Gasteiger partial charge is 0.480 e. The van der Waals surface area contributed by atoms with Crippen molar-refractivity contribution in [3.8, 4) is 0 Å². The van der Waals surface area contributed by atoms with Crippen molar-refractivity contribution in [1.29, 1.82) is 0 Å². The lowest BCUT2D eigenvalue weighted by atomic mass is 9.98. The molecular weight excluding hydrogens is 226 g/mol. The van der Waals surface area contributed by atoms with Gasteiger partial charge < -0.3 is 14.9 Å². The van der Waals surface area contributed by atoms with Gasteiger partial charge in [-0.05, 0) is 33.6 Å². The van der Waals surface area contributed by atoms with Gasteiger partial charge in [-0.25, -0.2) is 9.59 Å². The standard InChI is InChI=1S/C11H19NO5/c1-11(2,3)17-7-5-4-6-12(10(15)16)8(7)9(13)14/h7-8H,4-6H2,1-3H3,(H,13,14)(H,15,16). The van der Waals surface area contributed by atoms with E-state index in [4.69, 9.17) is 14.9 Å². The minimum absolute atomic E-state index is 0.246. The van der Waals surface area contributed by atoms with E-state index in [0.717, 1.165) is 4.90 Å². The number of carbonyl (C=O) groups is 2. The molecule has 2 atom stereocenters. The number of piperidine rings is 1. The second-order valence-corrected chi connectivity index (χ2v) is 5.17. The highest BCUT2D eigenvalue weighted by Gasteiger charge is 2.41. The summed E-state index contributed by atoms with van der Waals surface area (Å²) in [5.74, 6) is -1.15. The van der Waals surface area contributed by atoms with Gasteiger partial charge in [0.15, 0.2) is 6.04 Å². The molecule has 6 heteroatoms. The normalized spacial score (nSPS) is 25.7. The zero-order chi connectivity index (χ0) is 13.2. The number of rotatable bonds is 2. The molecule has 1 saturated heterocycles. The fraction of sp³-hybridized carbons (Fsp3) is 0.818. The van der Waals surface area contributed by atoms with Crippen LogP contribution >= 0.6 is 0 Å². The molecule has 1 aliphatic rings. The van der Waals surface area contributed by atoms with Gasteiger partial charge in [0.05, 0.1) is 11.7 Å². The van der Waals surface area contributed by atoms with Crippen molar-refractivity contribution in [2.75, 3.05) is 6.54 Å². The third-order valence-corrected chi connectivity index (χ3v) is 2.58. The number of ether oxygens (including phenoxy) is 1. The molecule has 1 amide bonds. The van der Waals surface area contributed by atoms with Crippen molar-refractivity contribution in [2.24, 2.45) is 0 Å². The Balaban J connectivity index is 2.87. The molecule has 2 N–H and O–H groups in total. The summed E-state index contributed by atoms with van der Waals surface area (Å²) >= 11 is 0. The first-order chi connectivity index (χ1) is 7.72. The minimum Gasteiger partial charge on any atom is -0.480 e. The Bertz CT molecular complexity index is 309. The van der Waals surface area contributed by atoms with Gasteiger partial charge >= 0.3 is 12.1 Å². The Labute approximate surface area is 100 Å². The number of amides is 1. The number of nitrogens with zero attached hydrogens (tertiary/aromatic N) is 1. The number of likely N-dealkylation sites (tertiary alicyclic amines) is 1. The SMILES string of the molecule is CC(C)(C)OC1CCCN(C(=O)O)C1C(=O)O. The first-order valence-corrected chi connectivity index (χ1v) is 5.62. The molecule has 98 valence electrons. The quantitative estimate of drug-likeness (QED) is 0.767. The smallest absolute Gasteiger partial charge is 0.408 e. The second-order valence-electron chi connectivity index (χ2n) is 5.17. The summed E-state index contributed by atoms with van der Waals surface area (Å²) < 4.78 is 5.65. The van der Waals surface area contributed by atoms with E-state index in [2.05, 4.69) is 0 Å². The van der Waals surface area contributed by atoms with Crippen LogP contribution in [0.2, 0.25) is 0 Å². The van der Waals surface area contributed by atoms with Crippen molar-refractivity contribution in [2.45, 2.75) is 51.4 Å². The lowest BCUT2D eigenvalue weighted by molar-refractivity contribution is -0.159. The molecule has 1 aliphatic heterocycles. The topological polar surface area (TPSA) is 87.1 Å². The molecule has 0 spiro atoms. The Hall–Kier alpha value is -1.30. The monoisotopic (exact) mass is 245 g/mol. The van der Waals surface area contributed by atoms with E-state index in [1.54, 1.807) is 0 Å². The second kappa shape index (κ2) is 4.91. The highest BCUT2D eigenvalue weighted by molar-refractivity contribution is 5.80. The van der Waals surface area contributed by atoms with Gasteiger partial charge in [0.2, 0.25) is 0 Å². The fourth-order valence-electron chi connectivity index (χ4n) is 2.04. The van der Waals surface area contributed by atoms with Gasteiger partial charge in [-0.1, -0.05) is 0 Å². The molecule has 1 fully saturated rings. The van der Waals surface area contributed by atoms with Crippen molar-refractivity contribution in [3.63, 3.8) is 0 Å². The van der Waals surface area contributed by atoms with E-state index >= 15 is 0 Å². The zero-order valence-corrected chi connectivity index (χ0v) is 10.3. The molecular formula is C11H19NO5. The van der Waals surface area contributed by atoms with Crippen LogP contribution in [0.4, 0.5) is 4.79 Å². The molecule has 0 aliphatic carbocycles. The average Bonchev–Trinajstić information content (AvgIpc) is 2.14. The molecule has 0 saturated carbocycles. The summed E-state index contributed by atoms with van der Waals surface area (Å²) in [6.07, 6.45) is -0.605. The fourth-order valence-corrected chi connectivity index (χ4v) is 2.04. The lowest BCUT2D eigenvalue weighted by Crippen LogP contribution is -2.56. The van der Waals surface area contributed by atoms with E-state index in [1.807, 2.05) is 20.8 Å². The van der Waals surface area contributed by atoms with Crippen LogP contribution < -0.4 is 0 Å². The molecule has 17 heavy (non-hydrogen) atoms. The predicted molar refractivity (Wildman–Crippen MR) is 60.0 cm³/mol. The zero-order valence-electron chi connectivity index (χ0n) is 10.3. The van der Waals surface area contributed by atoms with Gasteiger partial charge in [-0.3, -0.25) is 4.90 Å². The number of carboxylic acids is 1. The summed E-state index contributed by atoms with van der Waals surface area (Å²) in [5, 5.41) is 18.1. The van der Waals surface area contributed by atoms with Crippen molar-refractivity contribution in [1.82, 2.24) is 4.90 Å². The number of aliphatic carboxylic acids is 1. The van der Waals surface area contributed by atoms with E-state index in [0.29, 0.717) is 12.8 Å².